The third-order valence-electron chi connectivity index (χ3n) is 7.73. The Morgan fingerprint density at radius 3 is 2.71 bits per heavy atom. The van der Waals surface area contributed by atoms with Crippen molar-refractivity contribution in [1.29, 1.82) is 5.26 Å². The van der Waals surface area contributed by atoms with Crippen LogP contribution in [0.5, 0.6) is 11.5 Å². The summed E-state index contributed by atoms with van der Waals surface area (Å²) in [5, 5.41) is 9.30. The minimum absolute atomic E-state index is 0.143. The number of nitriles is 1. The number of hydrogen-bond acceptors (Lipinski definition) is 7. The quantitative estimate of drug-likeness (QED) is 0.321. The highest BCUT2D eigenvalue weighted by atomic mass is 19.1. The normalized spacial score (nSPS) is 15.5. The highest BCUT2D eigenvalue weighted by Crippen LogP contribution is 2.34. The molecule has 10 heteroatoms. The van der Waals surface area contributed by atoms with Crippen LogP contribution in [0.1, 0.15) is 28.9 Å². The molecule has 6 rings (SSSR count). The molecule has 1 unspecified atom stereocenters. The molecule has 0 N–H and O–H groups in total. The standard InChI is InChI=1S/C32H29FN6O3/c1-41-29-9-4-3-6-24(29)27-18-37-17-25-26(33)7-5-8-28(25)39(19-31(37)36-27)32(40)13-23-15-35-20-38(23)16-21-10-11-22(14-34)30(12-21)42-2/h3-12,18,20,23H,13,15-17,19H2,1-2H3. The average molecular weight is 565 g/mol. The number of methoxy groups -OCH3 is 2. The molecule has 0 bridgehead atoms. The number of carbonyl (C=O) groups is 1. The molecule has 0 saturated carbocycles. The summed E-state index contributed by atoms with van der Waals surface area (Å²) in [5.41, 5.74) is 3.91. The van der Waals surface area contributed by atoms with Gasteiger partial charge >= 0.3 is 0 Å². The number of benzene rings is 3. The minimum Gasteiger partial charge on any atom is -0.496 e. The molecule has 1 atom stereocenters. The first-order chi connectivity index (χ1) is 20.5. The molecule has 4 aromatic rings. The number of para-hydroxylation sites is 1. The van der Waals surface area contributed by atoms with Gasteiger partial charge in [-0.05, 0) is 42.0 Å². The van der Waals surface area contributed by atoms with E-state index in [-0.39, 0.29) is 37.3 Å². The number of rotatable bonds is 7. The Hall–Kier alpha value is -5.17. The maximum Gasteiger partial charge on any atom is 0.229 e. The molecule has 0 spiro atoms. The number of anilines is 1. The lowest BCUT2D eigenvalue weighted by atomic mass is 10.1. The maximum atomic E-state index is 15.2. The summed E-state index contributed by atoms with van der Waals surface area (Å²) in [6.45, 7) is 1.42. The van der Waals surface area contributed by atoms with Gasteiger partial charge in [0.2, 0.25) is 5.91 Å². The van der Waals surface area contributed by atoms with Gasteiger partial charge in [0.1, 0.15) is 29.2 Å². The number of imidazole rings is 1. The van der Waals surface area contributed by atoms with Gasteiger partial charge in [-0.25, -0.2) is 9.37 Å². The SMILES string of the molecule is COc1cc(CN2C=NCC2CC(=O)N2Cc3nc(-c4ccccc4OC)cn3Cc3c(F)cccc32)ccc1C#N. The number of halogens is 1. The van der Waals surface area contributed by atoms with E-state index in [4.69, 9.17) is 14.5 Å². The lowest BCUT2D eigenvalue weighted by molar-refractivity contribution is -0.119. The van der Waals surface area contributed by atoms with Crippen LogP contribution >= 0.6 is 0 Å². The Kier molecular flexibility index (Phi) is 7.32. The van der Waals surface area contributed by atoms with Gasteiger partial charge in [-0.2, -0.15) is 5.26 Å². The molecular weight excluding hydrogens is 535 g/mol. The summed E-state index contributed by atoms with van der Waals surface area (Å²) in [6, 6.07) is 19.8. The predicted octanol–water partition coefficient (Wildman–Crippen LogP) is 4.78. The summed E-state index contributed by atoms with van der Waals surface area (Å²) in [4.78, 5) is 26.9. The highest BCUT2D eigenvalue weighted by molar-refractivity contribution is 5.95. The third-order valence-corrected chi connectivity index (χ3v) is 7.73. The second kappa shape index (κ2) is 11.4. The fourth-order valence-electron chi connectivity index (χ4n) is 5.55. The summed E-state index contributed by atoms with van der Waals surface area (Å²) >= 11 is 0. The Bertz CT molecular complexity index is 1730. The van der Waals surface area contributed by atoms with Crippen LogP contribution < -0.4 is 14.4 Å². The Morgan fingerprint density at radius 2 is 1.90 bits per heavy atom. The number of aliphatic imine (C=N–C) groups is 1. The molecule has 0 radical (unpaired) electrons. The zero-order chi connectivity index (χ0) is 29.2. The Labute approximate surface area is 243 Å². The smallest absolute Gasteiger partial charge is 0.229 e. The number of amides is 1. The molecule has 3 aromatic carbocycles. The van der Waals surface area contributed by atoms with E-state index in [0.717, 1.165) is 11.1 Å². The lowest BCUT2D eigenvalue weighted by Crippen LogP contribution is -2.39. The third kappa shape index (κ3) is 5.05. The van der Waals surface area contributed by atoms with Crippen molar-refractivity contribution in [2.75, 3.05) is 25.7 Å². The average Bonchev–Trinajstić information content (AvgIpc) is 3.58. The summed E-state index contributed by atoms with van der Waals surface area (Å²) < 4.78 is 28.0. The van der Waals surface area contributed by atoms with Crippen molar-refractivity contribution in [3.05, 3.63) is 95.2 Å². The van der Waals surface area contributed by atoms with Gasteiger partial charge in [-0.15, -0.1) is 0 Å². The van der Waals surface area contributed by atoms with E-state index < -0.39 is 0 Å². The molecule has 1 amide bonds. The highest BCUT2D eigenvalue weighted by Gasteiger charge is 2.31. The summed E-state index contributed by atoms with van der Waals surface area (Å²) in [5.74, 6) is 1.34. The van der Waals surface area contributed by atoms with Gasteiger partial charge in [0.15, 0.2) is 0 Å². The maximum absolute atomic E-state index is 15.2. The van der Waals surface area contributed by atoms with E-state index >= 15 is 4.39 Å². The topological polar surface area (TPSA) is 96.0 Å². The van der Waals surface area contributed by atoms with Crippen molar-refractivity contribution < 1.29 is 18.7 Å². The molecule has 9 nitrogen and oxygen atoms in total. The largest absolute Gasteiger partial charge is 0.496 e. The van der Waals surface area contributed by atoms with Gasteiger partial charge in [-0.1, -0.05) is 24.3 Å². The predicted molar refractivity (Wildman–Crippen MR) is 156 cm³/mol. The van der Waals surface area contributed by atoms with Crippen LogP contribution in [0.3, 0.4) is 0 Å². The number of fused-ring (bicyclic) bond motifs is 2. The van der Waals surface area contributed by atoms with Crippen LogP contribution in [0, 0.1) is 17.1 Å². The van der Waals surface area contributed by atoms with Crippen molar-refractivity contribution >= 4 is 17.9 Å². The molecule has 42 heavy (non-hydrogen) atoms. The van der Waals surface area contributed by atoms with Gasteiger partial charge in [-0.3, -0.25) is 9.79 Å². The van der Waals surface area contributed by atoms with E-state index in [1.165, 1.54) is 13.2 Å². The number of hydrogen-bond donors (Lipinski definition) is 0. The van der Waals surface area contributed by atoms with Crippen LogP contribution in [-0.4, -0.2) is 53.5 Å². The molecule has 0 fully saturated rings. The molecular formula is C32H29FN6O3. The van der Waals surface area contributed by atoms with E-state index in [2.05, 4.69) is 11.1 Å². The molecule has 2 aliphatic rings. The number of ether oxygens (including phenoxy) is 2. The van der Waals surface area contributed by atoms with Crippen LogP contribution in [-0.2, 0) is 24.4 Å². The summed E-state index contributed by atoms with van der Waals surface area (Å²) in [7, 11) is 3.14. The fourth-order valence-corrected chi connectivity index (χ4v) is 5.55. The van der Waals surface area contributed by atoms with Crippen molar-refractivity contribution in [3.63, 3.8) is 0 Å². The van der Waals surface area contributed by atoms with Gasteiger partial charge in [0, 0.05) is 30.3 Å². The van der Waals surface area contributed by atoms with E-state index in [9.17, 15) is 10.1 Å². The first-order valence-corrected chi connectivity index (χ1v) is 13.6. The van der Waals surface area contributed by atoms with Gasteiger partial charge < -0.3 is 23.8 Å². The van der Waals surface area contributed by atoms with Crippen molar-refractivity contribution in [1.82, 2.24) is 14.5 Å². The van der Waals surface area contributed by atoms with Crippen LogP contribution in [0.2, 0.25) is 0 Å². The van der Waals surface area contributed by atoms with Crippen LogP contribution in [0.25, 0.3) is 11.3 Å². The Morgan fingerprint density at radius 1 is 1.07 bits per heavy atom. The van der Waals surface area contributed by atoms with Crippen LogP contribution in [0.4, 0.5) is 10.1 Å². The molecule has 3 heterocycles. The Balaban J connectivity index is 1.27. The van der Waals surface area contributed by atoms with Crippen molar-refractivity contribution in [3.8, 4) is 28.8 Å². The van der Waals surface area contributed by atoms with Crippen molar-refractivity contribution in [2.45, 2.75) is 32.1 Å². The van der Waals surface area contributed by atoms with E-state index in [0.29, 0.717) is 52.9 Å². The minimum atomic E-state index is -0.369. The number of carbonyl (C=O) groups excluding carboxylic acids is 1. The molecule has 212 valence electrons. The molecule has 2 aliphatic heterocycles. The first-order valence-electron chi connectivity index (χ1n) is 13.6. The van der Waals surface area contributed by atoms with E-state index in [1.54, 1.807) is 36.5 Å². The lowest BCUT2D eigenvalue weighted by Gasteiger charge is -2.28. The second-order valence-electron chi connectivity index (χ2n) is 10.2. The zero-order valence-electron chi connectivity index (χ0n) is 23.3. The number of nitrogens with zero attached hydrogens (tertiary/aromatic N) is 6. The molecule has 0 aliphatic carbocycles. The monoisotopic (exact) mass is 564 g/mol. The number of aromatic nitrogens is 2. The zero-order valence-corrected chi connectivity index (χ0v) is 23.3. The van der Waals surface area contributed by atoms with Crippen LogP contribution in [0.15, 0.2) is 71.9 Å². The van der Waals surface area contributed by atoms with Gasteiger partial charge in [0.25, 0.3) is 0 Å². The van der Waals surface area contributed by atoms with Gasteiger partial charge in [0.05, 0.1) is 63.2 Å². The molecule has 0 saturated heterocycles. The first kappa shape index (κ1) is 27.0. The second-order valence-corrected chi connectivity index (χ2v) is 10.2. The molecule has 1 aromatic heterocycles. The van der Waals surface area contributed by atoms with Crippen molar-refractivity contribution in [2.24, 2.45) is 4.99 Å². The van der Waals surface area contributed by atoms with E-state index in [1.807, 2.05) is 52.1 Å². The fraction of sp³-hybridized carbons (Fsp3) is 0.250. The summed E-state index contributed by atoms with van der Waals surface area (Å²) in [6.07, 6.45) is 3.82.